The Morgan fingerprint density at radius 1 is 1.21 bits per heavy atom. The smallest absolute Gasteiger partial charge is 0.228 e. The van der Waals surface area contributed by atoms with Gasteiger partial charge in [0.25, 0.3) is 0 Å². The molecule has 0 saturated carbocycles. The molecule has 0 bridgehead atoms. The van der Waals surface area contributed by atoms with Gasteiger partial charge in [0.15, 0.2) is 0 Å². The summed E-state index contributed by atoms with van der Waals surface area (Å²) in [6, 6.07) is 11.6. The Bertz CT molecular complexity index is 596. The molecule has 0 aliphatic rings. The van der Waals surface area contributed by atoms with E-state index in [2.05, 4.69) is 21.2 Å². The predicted molar refractivity (Wildman–Crippen MR) is 77.6 cm³/mol. The first-order valence-electron chi connectivity index (χ1n) is 5.85. The minimum absolute atomic E-state index is 0.127. The van der Waals surface area contributed by atoms with Crippen LogP contribution < -0.4 is 5.32 Å². The van der Waals surface area contributed by atoms with Crippen LogP contribution in [0.15, 0.2) is 46.9 Å². The van der Waals surface area contributed by atoms with Gasteiger partial charge >= 0.3 is 0 Å². The van der Waals surface area contributed by atoms with Gasteiger partial charge < -0.3 is 5.32 Å². The van der Waals surface area contributed by atoms with Crippen molar-refractivity contribution in [2.45, 2.75) is 13.3 Å². The van der Waals surface area contributed by atoms with Gasteiger partial charge in [-0.05, 0) is 52.2 Å². The number of carbonyl (C=O) groups excluding carboxylic acids is 1. The van der Waals surface area contributed by atoms with Gasteiger partial charge in [-0.15, -0.1) is 0 Å². The minimum Gasteiger partial charge on any atom is -0.325 e. The van der Waals surface area contributed by atoms with E-state index in [-0.39, 0.29) is 18.1 Å². The molecule has 0 aromatic heterocycles. The largest absolute Gasteiger partial charge is 0.325 e. The van der Waals surface area contributed by atoms with Crippen molar-refractivity contribution in [3.8, 4) is 0 Å². The van der Waals surface area contributed by atoms with Gasteiger partial charge in [0.05, 0.1) is 12.1 Å². The molecule has 0 aliphatic carbocycles. The Morgan fingerprint density at radius 3 is 2.58 bits per heavy atom. The minimum atomic E-state index is -0.300. The van der Waals surface area contributed by atoms with E-state index < -0.39 is 0 Å². The summed E-state index contributed by atoms with van der Waals surface area (Å²) in [5.41, 5.74) is 2.58. The van der Waals surface area contributed by atoms with Crippen LogP contribution in [0.3, 0.4) is 0 Å². The van der Waals surface area contributed by atoms with E-state index in [4.69, 9.17) is 0 Å². The van der Waals surface area contributed by atoms with Gasteiger partial charge in [0.1, 0.15) is 5.82 Å². The second-order valence-corrected chi connectivity index (χ2v) is 5.08. The molecular weight excluding hydrogens is 309 g/mol. The van der Waals surface area contributed by atoms with Crippen molar-refractivity contribution in [3.63, 3.8) is 0 Å². The van der Waals surface area contributed by atoms with Crippen LogP contribution in [-0.2, 0) is 11.2 Å². The molecule has 0 fully saturated rings. The maximum absolute atomic E-state index is 12.8. The number of amides is 1. The third-order valence-electron chi connectivity index (χ3n) is 2.74. The summed E-state index contributed by atoms with van der Waals surface area (Å²) < 4.78 is 13.6. The van der Waals surface area contributed by atoms with Crippen molar-refractivity contribution >= 4 is 27.5 Å². The molecule has 0 aliphatic heterocycles. The Kier molecular flexibility index (Phi) is 4.32. The highest BCUT2D eigenvalue weighted by Crippen LogP contribution is 2.25. The molecule has 4 heteroatoms. The fourth-order valence-corrected chi connectivity index (χ4v) is 2.09. The van der Waals surface area contributed by atoms with E-state index in [1.165, 1.54) is 12.1 Å². The lowest BCUT2D eigenvalue weighted by Gasteiger charge is -2.09. The number of carbonyl (C=O) groups is 1. The summed E-state index contributed by atoms with van der Waals surface area (Å²) in [5, 5.41) is 2.83. The number of aryl methyl sites for hydroxylation is 1. The lowest BCUT2D eigenvalue weighted by Crippen LogP contribution is -2.14. The van der Waals surface area contributed by atoms with Crippen LogP contribution in [0.2, 0.25) is 0 Å². The van der Waals surface area contributed by atoms with Crippen LogP contribution in [0, 0.1) is 12.7 Å². The zero-order valence-electron chi connectivity index (χ0n) is 10.4. The maximum atomic E-state index is 12.8. The Morgan fingerprint density at radius 2 is 1.89 bits per heavy atom. The van der Waals surface area contributed by atoms with Gasteiger partial charge in [-0.25, -0.2) is 4.39 Å². The highest BCUT2D eigenvalue weighted by Gasteiger charge is 2.07. The highest BCUT2D eigenvalue weighted by atomic mass is 79.9. The lowest BCUT2D eigenvalue weighted by atomic mass is 10.1. The lowest BCUT2D eigenvalue weighted by molar-refractivity contribution is -0.115. The Labute approximate surface area is 119 Å². The zero-order valence-corrected chi connectivity index (χ0v) is 12.0. The number of rotatable bonds is 3. The second-order valence-electron chi connectivity index (χ2n) is 4.29. The molecule has 1 N–H and O–H groups in total. The van der Waals surface area contributed by atoms with Crippen molar-refractivity contribution in [1.29, 1.82) is 0 Å². The van der Waals surface area contributed by atoms with Crippen LogP contribution in [0.4, 0.5) is 10.1 Å². The summed E-state index contributed by atoms with van der Waals surface area (Å²) >= 11 is 3.44. The molecule has 2 aromatic carbocycles. The first-order valence-corrected chi connectivity index (χ1v) is 6.65. The van der Waals surface area contributed by atoms with Crippen molar-refractivity contribution in [2.24, 2.45) is 0 Å². The number of anilines is 1. The van der Waals surface area contributed by atoms with Crippen molar-refractivity contribution in [2.75, 3.05) is 5.32 Å². The Balaban J connectivity index is 2.05. The molecular formula is C15H13BrFNO. The average molecular weight is 322 g/mol. The van der Waals surface area contributed by atoms with Crippen LogP contribution >= 0.6 is 15.9 Å². The number of halogens is 2. The third-order valence-corrected chi connectivity index (χ3v) is 3.80. The SMILES string of the molecule is Cc1cccc(NC(=O)Cc2ccc(F)cc2)c1Br. The third kappa shape index (κ3) is 3.64. The van der Waals surface area contributed by atoms with Gasteiger partial charge in [-0.3, -0.25) is 4.79 Å². The first-order chi connectivity index (χ1) is 9.06. The van der Waals surface area contributed by atoms with E-state index in [1.54, 1.807) is 12.1 Å². The topological polar surface area (TPSA) is 29.1 Å². The van der Waals surface area contributed by atoms with Gasteiger partial charge in [0, 0.05) is 4.47 Å². The number of hydrogen-bond acceptors (Lipinski definition) is 1. The van der Waals surface area contributed by atoms with Gasteiger partial charge in [0.2, 0.25) is 5.91 Å². The molecule has 0 spiro atoms. The second kappa shape index (κ2) is 5.97. The standard InChI is InChI=1S/C15H13BrFNO/c1-10-3-2-4-13(15(10)16)18-14(19)9-11-5-7-12(17)8-6-11/h2-8H,9H2,1H3,(H,18,19). The van der Waals surface area contributed by atoms with Crippen molar-refractivity contribution in [1.82, 2.24) is 0 Å². The maximum Gasteiger partial charge on any atom is 0.228 e. The molecule has 0 unspecified atom stereocenters. The van der Waals surface area contributed by atoms with Crippen LogP contribution in [-0.4, -0.2) is 5.91 Å². The fourth-order valence-electron chi connectivity index (χ4n) is 1.73. The molecule has 0 atom stereocenters. The molecule has 1 amide bonds. The summed E-state index contributed by atoms with van der Waals surface area (Å²) in [6.07, 6.45) is 0.223. The van der Waals surface area contributed by atoms with Gasteiger partial charge in [-0.2, -0.15) is 0 Å². The number of hydrogen-bond donors (Lipinski definition) is 1. The van der Waals surface area contributed by atoms with E-state index in [0.29, 0.717) is 0 Å². The van der Waals surface area contributed by atoms with E-state index in [9.17, 15) is 9.18 Å². The van der Waals surface area contributed by atoms with Crippen LogP contribution in [0.25, 0.3) is 0 Å². The molecule has 98 valence electrons. The molecule has 2 aromatic rings. The van der Waals surface area contributed by atoms with E-state index in [1.807, 2.05) is 25.1 Å². The summed E-state index contributed by atoms with van der Waals surface area (Å²) in [7, 11) is 0. The zero-order chi connectivity index (χ0) is 13.8. The van der Waals surface area contributed by atoms with E-state index >= 15 is 0 Å². The highest BCUT2D eigenvalue weighted by molar-refractivity contribution is 9.10. The van der Waals surface area contributed by atoms with Gasteiger partial charge in [-0.1, -0.05) is 24.3 Å². The normalized spacial score (nSPS) is 10.3. The summed E-state index contributed by atoms with van der Waals surface area (Å²) in [4.78, 5) is 11.9. The predicted octanol–water partition coefficient (Wildman–Crippen LogP) is 4.08. The number of benzene rings is 2. The molecule has 2 rings (SSSR count). The molecule has 2 nitrogen and oxygen atoms in total. The van der Waals surface area contributed by atoms with Crippen LogP contribution in [0.1, 0.15) is 11.1 Å². The van der Waals surface area contributed by atoms with E-state index in [0.717, 1.165) is 21.3 Å². The first kappa shape index (κ1) is 13.7. The average Bonchev–Trinajstić information content (AvgIpc) is 2.38. The Hall–Kier alpha value is -1.68. The monoisotopic (exact) mass is 321 g/mol. The molecule has 0 saturated heterocycles. The summed E-state index contributed by atoms with van der Waals surface area (Å²) in [6.45, 7) is 1.96. The van der Waals surface area contributed by atoms with Crippen molar-refractivity contribution in [3.05, 3.63) is 63.9 Å². The van der Waals surface area contributed by atoms with Crippen molar-refractivity contribution < 1.29 is 9.18 Å². The summed E-state index contributed by atoms with van der Waals surface area (Å²) in [5.74, 6) is -0.427. The van der Waals surface area contributed by atoms with Crippen LogP contribution in [0.5, 0.6) is 0 Å². The molecule has 0 radical (unpaired) electrons. The number of nitrogens with one attached hydrogen (secondary N) is 1. The quantitative estimate of drug-likeness (QED) is 0.906. The molecule has 0 heterocycles. The molecule has 19 heavy (non-hydrogen) atoms. The fraction of sp³-hybridized carbons (Fsp3) is 0.133.